The first-order valence-corrected chi connectivity index (χ1v) is 7.61. The number of anilines is 1. The van der Waals surface area contributed by atoms with E-state index in [4.69, 9.17) is 9.84 Å². The molecule has 0 bridgehead atoms. The Balaban J connectivity index is 2.43. The number of benzene rings is 2. The number of carbonyl (C=O) groups is 1. The van der Waals surface area contributed by atoms with Gasteiger partial charge in [-0.1, -0.05) is 0 Å². The van der Waals surface area contributed by atoms with Crippen LogP contribution in [0.15, 0.2) is 41.3 Å². The number of nitrogens with one attached hydrogen (secondary N) is 1. The van der Waals surface area contributed by atoms with E-state index in [1.165, 1.54) is 13.2 Å². The molecule has 9 heteroatoms. The monoisotopic (exact) mass is 343 g/mol. The minimum Gasteiger partial charge on any atom is -0.496 e. The third-order valence-electron chi connectivity index (χ3n) is 2.83. The van der Waals surface area contributed by atoms with E-state index >= 15 is 0 Å². The second-order valence-corrected chi connectivity index (χ2v) is 6.11. The molecule has 0 heterocycles. The quantitative estimate of drug-likeness (QED) is 0.870. The summed E-state index contributed by atoms with van der Waals surface area (Å²) in [6.45, 7) is 0. The average molecular weight is 343 g/mol. The van der Waals surface area contributed by atoms with Gasteiger partial charge in [0, 0.05) is 6.07 Å². The Morgan fingerprint density at radius 2 is 1.74 bits per heavy atom. The van der Waals surface area contributed by atoms with Gasteiger partial charge in [-0.25, -0.2) is 22.0 Å². The van der Waals surface area contributed by atoms with Crippen LogP contribution >= 0.6 is 0 Å². The number of sulfonamides is 1. The second-order valence-electron chi connectivity index (χ2n) is 4.43. The van der Waals surface area contributed by atoms with Gasteiger partial charge in [0.25, 0.3) is 10.0 Å². The molecule has 0 amide bonds. The Morgan fingerprint density at radius 1 is 1.13 bits per heavy atom. The summed E-state index contributed by atoms with van der Waals surface area (Å²) in [6.07, 6.45) is 0. The van der Waals surface area contributed by atoms with E-state index in [2.05, 4.69) is 0 Å². The first kappa shape index (κ1) is 16.7. The van der Waals surface area contributed by atoms with Crippen LogP contribution in [-0.4, -0.2) is 26.6 Å². The Morgan fingerprint density at radius 3 is 2.26 bits per heavy atom. The molecular weight excluding hydrogens is 332 g/mol. The molecule has 2 aromatic carbocycles. The molecule has 122 valence electrons. The zero-order chi connectivity index (χ0) is 17.2. The van der Waals surface area contributed by atoms with Crippen LogP contribution in [0.25, 0.3) is 0 Å². The SMILES string of the molecule is COc1ccc(S(=O)(=O)Nc2cc(F)cc(F)c2)cc1C(=O)O. The van der Waals surface area contributed by atoms with Gasteiger partial charge in [0.1, 0.15) is 22.9 Å². The molecule has 0 spiro atoms. The van der Waals surface area contributed by atoms with Crippen LogP contribution < -0.4 is 9.46 Å². The minimum absolute atomic E-state index is 0.0201. The lowest BCUT2D eigenvalue weighted by Crippen LogP contribution is -2.14. The lowest BCUT2D eigenvalue weighted by molar-refractivity contribution is 0.0693. The fraction of sp³-hybridized carbons (Fsp3) is 0.0714. The number of ether oxygens (including phenoxy) is 1. The molecule has 2 rings (SSSR count). The molecule has 0 atom stereocenters. The summed E-state index contributed by atoms with van der Waals surface area (Å²) < 4.78 is 57.4. The highest BCUT2D eigenvalue weighted by Gasteiger charge is 2.20. The van der Waals surface area contributed by atoms with Gasteiger partial charge in [0.2, 0.25) is 0 Å². The molecule has 0 aliphatic rings. The Hall–Kier alpha value is -2.68. The Labute approximate surface area is 130 Å². The molecule has 0 aliphatic carbocycles. The lowest BCUT2D eigenvalue weighted by Gasteiger charge is -2.11. The fourth-order valence-corrected chi connectivity index (χ4v) is 2.91. The van der Waals surface area contributed by atoms with E-state index in [0.29, 0.717) is 6.07 Å². The normalized spacial score (nSPS) is 11.1. The zero-order valence-electron chi connectivity index (χ0n) is 11.7. The van der Waals surface area contributed by atoms with Crippen molar-refractivity contribution in [3.8, 4) is 5.75 Å². The summed E-state index contributed by atoms with van der Waals surface area (Å²) in [7, 11) is -2.99. The molecule has 0 radical (unpaired) electrons. The highest BCUT2D eigenvalue weighted by Crippen LogP contribution is 2.24. The molecule has 23 heavy (non-hydrogen) atoms. The number of carboxylic acids is 1. The van der Waals surface area contributed by atoms with Crippen molar-refractivity contribution in [2.75, 3.05) is 11.8 Å². The lowest BCUT2D eigenvalue weighted by atomic mass is 10.2. The summed E-state index contributed by atoms with van der Waals surface area (Å²) in [5.41, 5.74) is -0.684. The average Bonchev–Trinajstić information content (AvgIpc) is 2.44. The summed E-state index contributed by atoms with van der Waals surface area (Å²) >= 11 is 0. The van der Waals surface area contributed by atoms with Gasteiger partial charge < -0.3 is 9.84 Å². The number of hydrogen-bond acceptors (Lipinski definition) is 4. The van der Waals surface area contributed by atoms with Crippen LogP contribution in [0.4, 0.5) is 14.5 Å². The molecule has 0 aromatic heterocycles. The highest BCUT2D eigenvalue weighted by molar-refractivity contribution is 7.92. The maximum atomic E-state index is 13.1. The van der Waals surface area contributed by atoms with Crippen LogP contribution in [0.2, 0.25) is 0 Å². The molecule has 0 saturated carbocycles. The molecule has 0 saturated heterocycles. The highest BCUT2D eigenvalue weighted by atomic mass is 32.2. The predicted octanol–water partition coefficient (Wildman–Crippen LogP) is 2.47. The zero-order valence-corrected chi connectivity index (χ0v) is 12.5. The smallest absolute Gasteiger partial charge is 0.339 e. The summed E-state index contributed by atoms with van der Waals surface area (Å²) in [6, 6.07) is 5.35. The fourth-order valence-electron chi connectivity index (χ4n) is 1.85. The van der Waals surface area contributed by atoms with E-state index in [1.807, 2.05) is 4.72 Å². The minimum atomic E-state index is -4.23. The maximum absolute atomic E-state index is 13.1. The van der Waals surface area contributed by atoms with Crippen molar-refractivity contribution >= 4 is 21.7 Å². The van der Waals surface area contributed by atoms with Crippen LogP contribution in [0.3, 0.4) is 0 Å². The van der Waals surface area contributed by atoms with Crippen molar-refractivity contribution in [2.45, 2.75) is 4.90 Å². The van der Waals surface area contributed by atoms with E-state index in [1.54, 1.807) is 0 Å². The van der Waals surface area contributed by atoms with Crippen LogP contribution in [0, 0.1) is 11.6 Å². The standard InChI is InChI=1S/C14H11F2NO5S/c1-22-13-3-2-11(7-12(13)14(18)19)23(20,21)17-10-5-8(15)4-9(16)6-10/h2-7,17H,1H3,(H,18,19). The number of carboxylic acid groups (broad SMARTS) is 1. The molecule has 2 N–H and O–H groups in total. The third kappa shape index (κ3) is 3.75. The van der Waals surface area contributed by atoms with Crippen molar-refractivity contribution in [2.24, 2.45) is 0 Å². The van der Waals surface area contributed by atoms with Crippen molar-refractivity contribution < 1.29 is 31.8 Å². The second kappa shape index (κ2) is 6.21. The van der Waals surface area contributed by atoms with Crippen molar-refractivity contribution in [3.63, 3.8) is 0 Å². The Kier molecular flexibility index (Phi) is 4.50. The van der Waals surface area contributed by atoms with Crippen LogP contribution in [-0.2, 0) is 10.0 Å². The van der Waals surface area contributed by atoms with Crippen LogP contribution in [0.1, 0.15) is 10.4 Å². The largest absolute Gasteiger partial charge is 0.496 e. The van der Waals surface area contributed by atoms with Gasteiger partial charge in [-0.05, 0) is 30.3 Å². The van der Waals surface area contributed by atoms with Gasteiger partial charge in [0.05, 0.1) is 17.7 Å². The molecule has 0 unspecified atom stereocenters. The summed E-state index contributed by atoms with van der Waals surface area (Å²) in [5, 5.41) is 9.06. The molecule has 6 nitrogen and oxygen atoms in total. The van der Waals surface area contributed by atoms with Crippen molar-refractivity contribution in [1.82, 2.24) is 0 Å². The molecule has 0 fully saturated rings. The van der Waals surface area contributed by atoms with Gasteiger partial charge in [-0.15, -0.1) is 0 Å². The van der Waals surface area contributed by atoms with E-state index in [0.717, 1.165) is 24.3 Å². The molecular formula is C14H11F2NO5S. The third-order valence-corrected chi connectivity index (χ3v) is 4.21. The first-order chi connectivity index (χ1) is 10.7. The van der Waals surface area contributed by atoms with Gasteiger partial charge in [0.15, 0.2) is 0 Å². The predicted molar refractivity (Wildman–Crippen MR) is 77.1 cm³/mol. The van der Waals surface area contributed by atoms with Crippen molar-refractivity contribution in [1.29, 1.82) is 0 Å². The topological polar surface area (TPSA) is 92.7 Å². The Bertz CT molecular complexity index is 847. The number of aromatic carboxylic acids is 1. The van der Waals surface area contributed by atoms with Gasteiger partial charge in [-0.2, -0.15) is 0 Å². The maximum Gasteiger partial charge on any atom is 0.339 e. The van der Waals surface area contributed by atoms with E-state index < -0.39 is 27.6 Å². The van der Waals surface area contributed by atoms with Crippen molar-refractivity contribution in [3.05, 3.63) is 53.6 Å². The molecule has 2 aromatic rings. The number of rotatable bonds is 5. The summed E-state index contributed by atoms with van der Waals surface area (Å²) in [4.78, 5) is 10.7. The van der Waals surface area contributed by atoms with Crippen LogP contribution in [0.5, 0.6) is 5.75 Å². The number of halogens is 2. The number of methoxy groups -OCH3 is 1. The number of hydrogen-bond donors (Lipinski definition) is 2. The van der Waals surface area contributed by atoms with Gasteiger partial charge >= 0.3 is 5.97 Å². The first-order valence-electron chi connectivity index (χ1n) is 6.13. The van der Waals surface area contributed by atoms with Gasteiger partial charge in [-0.3, -0.25) is 4.72 Å². The van der Waals surface area contributed by atoms with E-state index in [-0.39, 0.29) is 21.9 Å². The summed E-state index contributed by atoms with van der Waals surface area (Å²) in [5.74, 6) is -3.31. The van der Waals surface area contributed by atoms with E-state index in [9.17, 15) is 22.0 Å². The molecule has 0 aliphatic heterocycles.